The topological polar surface area (TPSA) is 55.8 Å². The van der Waals surface area contributed by atoms with Gasteiger partial charge in [-0.2, -0.15) is 0 Å². The molecule has 0 heterocycles. The van der Waals surface area contributed by atoms with E-state index in [1.165, 1.54) is 12.0 Å². The van der Waals surface area contributed by atoms with Gasteiger partial charge in [0, 0.05) is 19.8 Å². The number of carbonyl (C=O) groups excluding carboxylic acids is 2. The van der Waals surface area contributed by atoms with E-state index in [9.17, 15) is 9.59 Å². The van der Waals surface area contributed by atoms with Gasteiger partial charge in [-0.1, -0.05) is 103 Å². The second-order valence-electron chi connectivity index (χ2n) is 8.96. The number of hydrogen-bond donors (Lipinski definition) is 0. The second kappa shape index (κ2) is 11.7. The summed E-state index contributed by atoms with van der Waals surface area (Å²) in [5.74, 6) is -2.03. The van der Waals surface area contributed by atoms with Gasteiger partial charge in [0.25, 0.3) is 11.5 Å². The van der Waals surface area contributed by atoms with Crippen LogP contribution in [0, 0.1) is 6.92 Å². The Kier molecular flexibility index (Phi) is 8.16. The molecule has 4 aromatic rings. The summed E-state index contributed by atoms with van der Waals surface area (Å²) in [6, 6.07) is 35.9. The van der Waals surface area contributed by atoms with E-state index in [0.717, 1.165) is 22.3 Å². The summed E-state index contributed by atoms with van der Waals surface area (Å²) in [7, 11) is 3.05. The molecule has 5 nitrogen and oxygen atoms in total. The summed E-state index contributed by atoms with van der Waals surface area (Å²) in [6.45, 7) is 1.97. The number of nitrogens with zero attached hydrogens (tertiary/aromatic N) is 1. The van der Waals surface area contributed by atoms with E-state index in [-0.39, 0.29) is 6.61 Å². The van der Waals surface area contributed by atoms with E-state index >= 15 is 0 Å². The molecular formula is C32H31NO4. The number of esters is 1. The largest absolute Gasteiger partial charge is 0.458 e. The maximum absolute atomic E-state index is 14.4. The number of rotatable bonds is 9. The number of likely N-dealkylation sites (N-methyl/N-ethyl adjacent to an activating group) is 1. The fourth-order valence-corrected chi connectivity index (χ4v) is 4.60. The van der Waals surface area contributed by atoms with Crippen LogP contribution in [0.15, 0.2) is 115 Å². The van der Waals surface area contributed by atoms with Gasteiger partial charge in [-0.15, -0.1) is 0 Å². The zero-order chi connectivity index (χ0) is 26.3. The first-order valence-corrected chi connectivity index (χ1v) is 12.2. The SMILES string of the molecule is COC(C(=O)OCc1ccccc1)(C(=O)N(C)c1cccc(C)c1)C(c1ccccc1)c1ccccc1. The highest BCUT2D eigenvalue weighted by molar-refractivity contribution is 6.14. The van der Waals surface area contributed by atoms with E-state index in [1.807, 2.05) is 122 Å². The standard InChI is InChI=1S/C32H31NO4/c1-24-14-13-21-28(22-24)33(2)30(34)32(36-3,31(35)37-23-25-15-7-4-8-16-25)29(26-17-9-5-10-18-26)27-19-11-6-12-20-27/h4-22,29H,23H2,1-3H3. The minimum Gasteiger partial charge on any atom is -0.458 e. The van der Waals surface area contributed by atoms with Crippen molar-refractivity contribution in [2.75, 3.05) is 19.1 Å². The van der Waals surface area contributed by atoms with Gasteiger partial charge in [-0.3, -0.25) is 4.79 Å². The third-order valence-corrected chi connectivity index (χ3v) is 6.52. The molecule has 0 bridgehead atoms. The maximum atomic E-state index is 14.4. The number of methoxy groups -OCH3 is 1. The van der Waals surface area contributed by atoms with Crippen LogP contribution in [0.5, 0.6) is 0 Å². The number of carbonyl (C=O) groups is 2. The van der Waals surface area contributed by atoms with Crippen LogP contribution < -0.4 is 4.90 Å². The number of ether oxygens (including phenoxy) is 2. The van der Waals surface area contributed by atoms with E-state index in [0.29, 0.717) is 5.69 Å². The summed E-state index contributed by atoms with van der Waals surface area (Å²) in [5.41, 5.74) is 2.00. The van der Waals surface area contributed by atoms with Crippen LogP contribution in [-0.4, -0.2) is 31.6 Å². The highest BCUT2D eigenvalue weighted by Crippen LogP contribution is 2.40. The number of aryl methyl sites for hydroxylation is 1. The first-order valence-electron chi connectivity index (χ1n) is 12.2. The third kappa shape index (κ3) is 5.47. The predicted molar refractivity (Wildman–Crippen MR) is 145 cm³/mol. The van der Waals surface area contributed by atoms with E-state index in [4.69, 9.17) is 9.47 Å². The second-order valence-corrected chi connectivity index (χ2v) is 8.96. The lowest BCUT2D eigenvalue weighted by Crippen LogP contribution is -2.59. The van der Waals surface area contributed by atoms with Crippen molar-refractivity contribution in [2.24, 2.45) is 0 Å². The molecule has 0 N–H and O–H groups in total. The maximum Gasteiger partial charge on any atom is 0.349 e. The van der Waals surface area contributed by atoms with Crippen LogP contribution in [0.1, 0.15) is 28.2 Å². The Balaban J connectivity index is 1.86. The van der Waals surface area contributed by atoms with Crippen molar-refractivity contribution in [3.63, 3.8) is 0 Å². The van der Waals surface area contributed by atoms with Crippen molar-refractivity contribution in [2.45, 2.75) is 25.0 Å². The highest BCUT2D eigenvalue weighted by atomic mass is 16.6. The number of hydrogen-bond acceptors (Lipinski definition) is 4. The Morgan fingerprint density at radius 2 is 1.32 bits per heavy atom. The predicted octanol–water partition coefficient (Wildman–Crippen LogP) is 5.92. The summed E-state index contributed by atoms with van der Waals surface area (Å²) in [4.78, 5) is 30.0. The lowest BCUT2D eigenvalue weighted by Gasteiger charge is -2.39. The quantitative estimate of drug-likeness (QED) is 0.215. The number of amides is 1. The molecule has 0 radical (unpaired) electrons. The number of benzene rings is 4. The fraction of sp³-hybridized carbons (Fsp3) is 0.188. The highest BCUT2D eigenvalue weighted by Gasteiger charge is 2.57. The van der Waals surface area contributed by atoms with Gasteiger partial charge in [0.05, 0.1) is 5.92 Å². The van der Waals surface area contributed by atoms with Gasteiger partial charge >= 0.3 is 5.97 Å². The van der Waals surface area contributed by atoms with Gasteiger partial charge in [0.1, 0.15) is 6.61 Å². The molecule has 0 saturated heterocycles. The minimum atomic E-state index is -1.99. The summed E-state index contributed by atoms with van der Waals surface area (Å²) >= 11 is 0. The molecule has 1 unspecified atom stereocenters. The average molecular weight is 494 g/mol. The molecule has 0 saturated carbocycles. The molecule has 37 heavy (non-hydrogen) atoms. The van der Waals surface area contributed by atoms with E-state index < -0.39 is 23.4 Å². The molecule has 4 aromatic carbocycles. The molecule has 188 valence electrons. The molecule has 1 atom stereocenters. The number of anilines is 1. The normalized spacial score (nSPS) is 12.5. The van der Waals surface area contributed by atoms with E-state index in [2.05, 4.69) is 0 Å². The Morgan fingerprint density at radius 1 is 0.784 bits per heavy atom. The summed E-state index contributed by atoms with van der Waals surface area (Å²) in [5, 5.41) is 0. The van der Waals surface area contributed by atoms with Crippen LogP contribution in [0.3, 0.4) is 0 Å². The summed E-state index contributed by atoms with van der Waals surface area (Å²) in [6.07, 6.45) is 0. The van der Waals surface area contributed by atoms with Gasteiger partial charge in [-0.05, 0) is 41.3 Å². The third-order valence-electron chi connectivity index (χ3n) is 6.52. The lowest BCUT2D eigenvalue weighted by molar-refractivity contribution is -0.177. The van der Waals surface area contributed by atoms with Crippen molar-refractivity contribution in [3.05, 3.63) is 138 Å². The van der Waals surface area contributed by atoms with Gasteiger partial charge in [0.2, 0.25) is 0 Å². The van der Waals surface area contributed by atoms with Crippen molar-refractivity contribution in [3.8, 4) is 0 Å². The molecule has 1 amide bonds. The van der Waals surface area contributed by atoms with Crippen molar-refractivity contribution in [1.82, 2.24) is 0 Å². The van der Waals surface area contributed by atoms with Gasteiger partial charge < -0.3 is 14.4 Å². The Morgan fingerprint density at radius 3 is 1.84 bits per heavy atom. The molecule has 0 fully saturated rings. The van der Waals surface area contributed by atoms with Crippen molar-refractivity contribution < 1.29 is 19.1 Å². The lowest BCUT2D eigenvalue weighted by atomic mass is 9.76. The molecule has 0 aromatic heterocycles. The molecule has 0 aliphatic carbocycles. The monoisotopic (exact) mass is 493 g/mol. The summed E-state index contributed by atoms with van der Waals surface area (Å²) < 4.78 is 11.9. The van der Waals surface area contributed by atoms with E-state index in [1.54, 1.807) is 7.05 Å². The van der Waals surface area contributed by atoms with Crippen LogP contribution in [0.25, 0.3) is 0 Å². The van der Waals surface area contributed by atoms with Crippen LogP contribution in [0.2, 0.25) is 0 Å². The first kappa shape index (κ1) is 25.9. The molecule has 0 aliphatic heterocycles. The molecular weight excluding hydrogens is 462 g/mol. The van der Waals surface area contributed by atoms with Gasteiger partial charge in [-0.25, -0.2) is 4.79 Å². The van der Waals surface area contributed by atoms with Gasteiger partial charge in [0.15, 0.2) is 0 Å². The van der Waals surface area contributed by atoms with Crippen LogP contribution in [0.4, 0.5) is 5.69 Å². The van der Waals surface area contributed by atoms with Crippen LogP contribution >= 0.6 is 0 Å². The van der Waals surface area contributed by atoms with Crippen LogP contribution in [-0.2, 0) is 25.7 Å². The molecule has 0 spiro atoms. The Hall–Kier alpha value is -4.22. The van der Waals surface area contributed by atoms with Crippen molar-refractivity contribution >= 4 is 17.6 Å². The minimum absolute atomic E-state index is 0.0164. The smallest absolute Gasteiger partial charge is 0.349 e. The zero-order valence-corrected chi connectivity index (χ0v) is 21.3. The molecule has 5 heteroatoms. The van der Waals surface area contributed by atoms with Crippen molar-refractivity contribution in [1.29, 1.82) is 0 Å². The fourth-order valence-electron chi connectivity index (χ4n) is 4.60. The molecule has 0 aliphatic rings. The average Bonchev–Trinajstić information content (AvgIpc) is 2.95. The Labute approximate surface area is 218 Å². The Bertz CT molecular complexity index is 1290. The first-order chi connectivity index (χ1) is 18.0. The zero-order valence-electron chi connectivity index (χ0n) is 21.3. The molecule has 4 rings (SSSR count).